The van der Waals surface area contributed by atoms with Gasteiger partial charge in [0.05, 0.1) is 0 Å². The fourth-order valence-electron chi connectivity index (χ4n) is 0.925. The average molecular weight is 216 g/mol. The van der Waals surface area contributed by atoms with Gasteiger partial charge in [-0.25, -0.2) is 18.6 Å². The topological polar surface area (TPSA) is 74.0 Å². The Morgan fingerprint density at radius 2 is 2.20 bits per heavy atom. The molecule has 1 aromatic rings. The second-order valence-corrected chi connectivity index (χ2v) is 2.48. The van der Waals surface area contributed by atoms with Gasteiger partial charge in [0.2, 0.25) is 5.95 Å². The molecular weight excluding hydrogens is 213 g/mol. The molecule has 0 aliphatic heterocycles. The predicted octanol–water partition coefficient (Wildman–Crippen LogP) is 1.73. The highest BCUT2D eigenvalue weighted by Gasteiger charge is 2.21. The molecule has 0 amide bonds. The quantitative estimate of drug-likeness (QED) is 0.764. The molecule has 78 valence electrons. The Morgan fingerprint density at radius 1 is 1.60 bits per heavy atom. The molecule has 1 heterocycles. The first kappa shape index (κ1) is 11.0. The molecule has 1 aromatic heterocycles. The molecule has 0 aromatic carbocycles. The third-order valence-electron chi connectivity index (χ3n) is 1.57. The van der Waals surface area contributed by atoms with Gasteiger partial charge in [0.25, 0.3) is 6.43 Å². The summed E-state index contributed by atoms with van der Waals surface area (Å²) in [6.45, 7) is 0. The summed E-state index contributed by atoms with van der Waals surface area (Å²) < 4.78 is 37.5. The summed E-state index contributed by atoms with van der Waals surface area (Å²) in [5.74, 6) is -3.15. The predicted molar refractivity (Wildman–Crippen MR) is 40.8 cm³/mol. The molecule has 1 N–H and O–H groups in total. The van der Waals surface area contributed by atoms with E-state index in [2.05, 4.69) is 4.98 Å². The number of rotatable bonds is 2. The van der Waals surface area contributed by atoms with Crippen LogP contribution in [0.2, 0.25) is 0 Å². The van der Waals surface area contributed by atoms with Crippen LogP contribution in [0.25, 0.3) is 0 Å². The fourth-order valence-corrected chi connectivity index (χ4v) is 0.925. The number of carboxylic acids is 1. The van der Waals surface area contributed by atoms with E-state index in [9.17, 15) is 18.0 Å². The first-order valence-electron chi connectivity index (χ1n) is 3.59. The van der Waals surface area contributed by atoms with Gasteiger partial charge in [-0.15, -0.1) is 0 Å². The van der Waals surface area contributed by atoms with Crippen molar-refractivity contribution in [2.75, 3.05) is 0 Å². The Bertz CT molecular complexity index is 454. The largest absolute Gasteiger partial charge is 0.477 e. The van der Waals surface area contributed by atoms with Crippen LogP contribution >= 0.6 is 0 Å². The zero-order chi connectivity index (χ0) is 11.6. The number of carbonyl (C=O) groups is 1. The van der Waals surface area contributed by atoms with E-state index >= 15 is 0 Å². The second kappa shape index (κ2) is 3.96. The van der Waals surface area contributed by atoms with Gasteiger partial charge in [-0.05, 0) is 6.07 Å². The van der Waals surface area contributed by atoms with Crippen molar-refractivity contribution in [1.82, 2.24) is 4.98 Å². The lowest BCUT2D eigenvalue weighted by Crippen LogP contribution is -2.07. The second-order valence-electron chi connectivity index (χ2n) is 2.48. The summed E-state index contributed by atoms with van der Waals surface area (Å²) in [7, 11) is 0. The Labute approximate surface area is 81.6 Å². The van der Waals surface area contributed by atoms with E-state index < -0.39 is 35.2 Å². The monoisotopic (exact) mass is 216 g/mol. The van der Waals surface area contributed by atoms with Gasteiger partial charge in [-0.3, -0.25) is 0 Å². The maximum atomic E-state index is 12.9. The summed E-state index contributed by atoms with van der Waals surface area (Å²) in [4.78, 5) is 13.2. The zero-order valence-electron chi connectivity index (χ0n) is 7.04. The molecule has 0 saturated carbocycles. The fraction of sp³-hybridized carbons (Fsp3) is 0.125. The van der Waals surface area contributed by atoms with Crippen molar-refractivity contribution >= 4 is 5.97 Å². The minimum atomic E-state index is -3.13. The molecule has 0 radical (unpaired) electrons. The van der Waals surface area contributed by atoms with E-state index in [-0.39, 0.29) is 0 Å². The number of hydrogen-bond acceptors (Lipinski definition) is 3. The van der Waals surface area contributed by atoms with Gasteiger partial charge in [-0.1, -0.05) is 0 Å². The number of carboxylic acid groups (broad SMARTS) is 1. The number of nitrogens with zero attached hydrogens (tertiary/aromatic N) is 2. The smallest absolute Gasteiger partial charge is 0.354 e. The lowest BCUT2D eigenvalue weighted by molar-refractivity contribution is 0.0688. The molecule has 15 heavy (non-hydrogen) atoms. The van der Waals surface area contributed by atoms with Crippen LogP contribution in [-0.2, 0) is 0 Å². The molecule has 0 bridgehead atoms. The van der Waals surface area contributed by atoms with Crippen LogP contribution in [0.3, 0.4) is 0 Å². The Balaban J connectivity index is 3.47. The molecule has 0 saturated heterocycles. The Hall–Kier alpha value is -2.10. The minimum absolute atomic E-state index is 0.481. The van der Waals surface area contributed by atoms with E-state index in [1.54, 1.807) is 0 Å². The summed E-state index contributed by atoms with van der Waals surface area (Å²) in [5, 5.41) is 16.8. The number of halogens is 3. The van der Waals surface area contributed by atoms with E-state index in [0.717, 1.165) is 0 Å². The number of pyridine rings is 1. The summed E-state index contributed by atoms with van der Waals surface area (Å²) >= 11 is 0. The molecule has 0 aliphatic rings. The third kappa shape index (κ3) is 2.04. The number of aromatic carboxylic acids is 1. The standard InChI is InChI=1S/C8H3F3N2O2/c9-6(10)3-1-5(8(14)15)13-7(11)4(3)2-12/h1,6H,(H,14,15). The van der Waals surface area contributed by atoms with Crippen LogP contribution in [0.1, 0.15) is 28.0 Å². The molecular formula is C8H3F3N2O2. The van der Waals surface area contributed by atoms with E-state index in [4.69, 9.17) is 10.4 Å². The molecule has 1 rings (SSSR count). The third-order valence-corrected chi connectivity index (χ3v) is 1.57. The highest BCUT2D eigenvalue weighted by molar-refractivity contribution is 5.85. The van der Waals surface area contributed by atoms with Crippen LogP contribution in [-0.4, -0.2) is 16.1 Å². The Morgan fingerprint density at radius 3 is 2.60 bits per heavy atom. The summed E-state index contributed by atoms with van der Waals surface area (Å²) in [6, 6.07) is 1.68. The number of hydrogen-bond donors (Lipinski definition) is 1. The van der Waals surface area contributed by atoms with Gasteiger partial charge in [0.15, 0.2) is 5.69 Å². The molecule has 7 heteroatoms. The first-order valence-corrected chi connectivity index (χ1v) is 3.59. The van der Waals surface area contributed by atoms with Gasteiger partial charge in [0, 0.05) is 5.56 Å². The zero-order valence-corrected chi connectivity index (χ0v) is 7.04. The highest BCUT2D eigenvalue weighted by Crippen LogP contribution is 2.24. The number of nitriles is 1. The van der Waals surface area contributed by atoms with Gasteiger partial charge in [0.1, 0.15) is 11.6 Å². The molecule has 0 unspecified atom stereocenters. The first-order chi connectivity index (χ1) is 6.97. The molecule has 0 atom stereocenters. The van der Waals surface area contributed by atoms with Gasteiger partial charge >= 0.3 is 5.97 Å². The van der Waals surface area contributed by atoms with Gasteiger partial charge in [-0.2, -0.15) is 9.65 Å². The van der Waals surface area contributed by atoms with Gasteiger partial charge < -0.3 is 5.11 Å². The number of alkyl halides is 2. The van der Waals surface area contributed by atoms with Crippen LogP contribution in [0.4, 0.5) is 13.2 Å². The van der Waals surface area contributed by atoms with Crippen molar-refractivity contribution in [3.05, 3.63) is 28.8 Å². The minimum Gasteiger partial charge on any atom is -0.477 e. The molecule has 4 nitrogen and oxygen atoms in total. The van der Waals surface area contributed by atoms with Crippen molar-refractivity contribution in [2.45, 2.75) is 6.43 Å². The van der Waals surface area contributed by atoms with Crippen molar-refractivity contribution in [3.63, 3.8) is 0 Å². The van der Waals surface area contributed by atoms with Crippen molar-refractivity contribution in [1.29, 1.82) is 5.26 Å². The van der Waals surface area contributed by atoms with Crippen LogP contribution in [0.15, 0.2) is 6.07 Å². The number of aromatic nitrogens is 1. The Kier molecular flexibility index (Phi) is 2.90. The van der Waals surface area contributed by atoms with Crippen molar-refractivity contribution < 1.29 is 23.1 Å². The maximum absolute atomic E-state index is 12.9. The maximum Gasteiger partial charge on any atom is 0.354 e. The molecule has 0 fully saturated rings. The van der Waals surface area contributed by atoms with E-state index in [0.29, 0.717) is 6.07 Å². The van der Waals surface area contributed by atoms with E-state index in [1.807, 2.05) is 0 Å². The van der Waals surface area contributed by atoms with Crippen molar-refractivity contribution in [2.24, 2.45) is 0 Å². The molecule has 0 aliphatic carbocycles. The average Bonchev–Trinajstić information content (AvgIpc) is 2.16. The summed E-state index contributed by atoms with van der Waals surface area (Å²) in [6.07, 6.45) is -3.13. The van der Waals surface area contributed by atoms with Crippen molar-refractivity contribution in [3.8, 4) is 6.07 Å². The SMILES string of the molecule is N#Cc1c(C(F)F)cc(C(=O)O)nc1F. The van der Waals surface area contributed by atoms with Crippen LogP contribution in [0.5, 0.6) is 0 Å². The normalized spacial score (nSPS) is 10.1. The van der Waals surface area contributed by atoms with Crippen LogP contribution in [0, 0.1) is 17.3 Å². The summed E-state index contributed by atoms with van der Waals surface area (Å²) in [5.41, 5.74) is -2.76. The lowest BCUT2D eigenvalue weighted by Gasteiger charge is -2.04. The molecule has 0 spiro atoms. The van der Waals surface area contributed by atoms with Crippen LogP contribution < -0.4 is 0 Å². The highest BCUT2D eigenvalue weighted by atomic mass is 19.3. The lowest BCUT2D eigenvalue weighted by atomic mass is 10.1. The van der Waals surface area contributed by atoms with E-state index in [1.165, 1.54) is 6.07 Å².